The molecule has 1 amide bonds. The number of nitrogens with zero attached hydrogens (tertiary/aromatic N) is 1. The monoisotopic (exact) mass is 251 g/mol. The first-order valence-electron chi connectivity index (χ1n) is 5.29. The van der Waals surface area contributed by atoms with Crippen LogP contribution in [0.2, 0.25) is 0 Å². The average Bonchev–Trinajstić information content (AvgIpc) is 2.13. The van der Waals surface area contributed by atoms with Gasteiger partial charge in [0.1, 0.15) is 0 Å². The van der Waals surface area contributed by atoms with E-state index in [-0.39, 0.29) is 18.3 Å². The van der Waals surface area contributed by atoms with Crippen molar-refractivity contribution in [3.8, 4) is 0 Å². The van der Waals surface area contributed by atoms with Crippen molar-refractivity contribution in [3.63, 3.8) is 0 Å². The lowest BCUT2D eigenvalue weighted by atomic mass is 10.3. The van der Waals surface area contributed by atoms with Gasteiger partial charge in [0.2, 0.25) is 15.9 Å². The first kappa shape index (κ1) is 15.3. The molecule has 0 aromatic heterocycles. The highest BCUT2D eigenvalue weighted by atomic mass is 32.2. The third kappa shape index (κ3) is 5.43. The quantitative estimate of drug-likeness (QED) is 0.553. The van der Waals surface area contributed by atoms with Gasteiger partial charge in [-0.05, 0) is 33.2 Å². The molecule has 16 heavy (non-hydrogen) atoms. The predicted molar refractivity (Wildman–Crippen MR) is 63.1 cm³/mol. The summed E-state index contributed by atoms with van der Waals surface area (Å²) in [4.78, 5) is 10.8. The summed E-state index contributed by atoms with van der Waals surface area (Å²) >= 11 is 0. The van der Waals surface area contributed by atoms with Gasteiger partial charge in [0.15, 0.2) is 0 Å². The molecule has 4 N–H and O–H groups in total. The largest absolute Gasteiger partial charge is 0.369 e. The lowest BCUT2D eigenvalue weighted by molar-refractivity contribution is -0.118. The van der Waals surface area contributed by atoms with Gasteiger partial charge in [-0.15, -0.1) is 0 Å². The molecule has 0 saturated heterocycles. The van der Waals surface area contributed by atoms with Crippen LogP contribution in [0.15, 0.2) is 0 Å². The molecule has 0 aromatic rings. The molecule has 0 fully saturated rings. The number of unbranched alkanes of at least 4 members (excludes halogenated alkanes) is 1. The van der Waals surface area contributed by atoms with E-state index >= 15 is 0 Å². The first-order chi connectivity index (χ1) is 7.31. The molecule has 7 heteroatoms. The Morgan fingerprint density at radius 1 is 1.31 bits per heavy atom. The van der Waals surface area contributed by atoms with E-state index < -0.39 is 15.9 Å². The Balaban J connectivity index is 4.57. The second-order valence-electron chi connectivity index (χ2n) is 3.92. The third-order valence-corrected chi connectivity index (χ3v) is 4.17. The molecule has 0 bridgehead atoms. The van der Waals surface area contributed by atoms with E-state index in [2.05, 4.69) is 0 Å². The van der Waals surface area contributed by atoms with Crippen molar-refractivity contribution in [2.45, 2.75) is 32.7 Å². The fraction of sp³-hybridized carbons (Fsp3) is 0.889. The lowest BCUT2D eigenvalue weighted by Crippen LogP contribution is -2.43. The normalized spacial score (nSPS) is 12.3. The fourth-order valence-electron chi connectivity index (χ4n) is 1.30. The summed E-state index contributed by atoms with van der Waals surface area (Å²) in [5, 5.41) is 0. The zero-order valence-corrected chi connectivity index (χ0v) is 10.7. The van der Waals surface area contributed by atoms with Gasteiger partial charge in [0, 0.05) is 6.04 Å². The Kier molecular flexibility index (Phi) is 6.54. The van der Waals surface area contributed by atoms with E-state index in [4.69, 9.17) is 11.5 Å². The minimum Gasteiger partial charge on any atom is -0.369 e. The lowest BCUT2D eigenvalue weighted by Gasteiger charge is -2.24. The molecular formula is C9H21N3O3S. The Bertz CT molecular complexity index is 314. The van der Waals surface area contributed by atoms with Gasteiger partial charge in [-0.25, -0.2) is 8.42 Å². The number of sulfonamides is 1. The molecule has 0 radical (unpaired) electrons. The molecule has 0 unspecified atom stereocenters. The number of hydrogen-bond acceptors (Lipinski definition) is 4. The Labute approximate surface area is 97.0 Å². The van der Waals surface area contributed by atoms with Gasteiger partial charge >= 0.3 is 0 Å². The van der Waals surface area contributed by atoms with Gasteiger partial charge in [0.25, 0.3) is 0 Å². The van der Waals surface area contributed by atoms with Crippen LogP contribution in [0.4, 0.5) is 0 Å². The molecule has 0 heterocycles. The summed E-state index contributed by atoms with van der Waals surface area (Å²) in [6, 6.07) is -0.268. The number of carbonyl (C=O) groups is 1. The number of amides is 1. The van der Waals surface area contributed by atoms with E-state index in [9.17, 15) is 13.2 Å². The second kappa shape index (κ2) is 6.82. The van der Waals surface area contributed by atoms with Crippen LogP contribution in [-0.2, 0) is 14.8 Å². The van der Waals surface area contributed by atoms with Crippen molar-refractivity contribution >= 4 is 15.9 Å². The average molecular weight is 251 g/mol. The van der Waals surface area contributed by atoms with Gasteiger partial charge in [-0.1, -0.05) is 0 Å². The van der Waals surface area contributed by atoms with Crippen molar-refractivity contribution in [3.05, 3.63) is 0 Å². The molecule has 0 aromatic carbocycles. The molecule has 0 aliphatic heterocycles. The topological polar surface area (TPSA) is 106 Å². The van der Waals surface area contributed by atoms with Crippen molar-refractivity contribution < 1.29 is 13.2 Å². The van der Waals surface area contributed by atoms with Gasteiger partial charge in [-0.2, -0.15) is 4.31 Å². The Morgan fingerprint density at radius 2 is 1.88 bits per heavy atom. The number of nitrogens with two attached hydrogens (primary N) is 2. The number of primary amides is 1. The van der Waals surface area contributed by atoms with E-state index in [0.717, 1.165) is 4.31 Å². The number of rotatable bonds is 8. The highest BCUT2D eigenvalue weighted by Crippen LogP contribution is 2.09. The van der Waals surface area contributed by atoms with Crippen molar-refractivity contribution in [1.29, 1.82) is 0 Å². The molecule has 96 valence electrons. The van der Waals surface area contributed by atoms with Crippen LogP contribution < -0.4 is 11.5 Å². The molecule has 0 aliphatic rings. The first-order valence-corrected chi connectivity index (χ1v) is 6.90. The second-order valence-corrected chi connectivity index (χ2v) is 5.96. The number of hydrogen-bond donors (Lipinski definition) is 2. The third-order valence-electron chi connectivity index (χ3n) is 2.10. The standard InChI is InChI=1S/C9H21N3O3S/c1-8(2)12(7-9(11)13)16(14,15)6-4-3-5-10/h8H,3-7,10H2,1-2H3,(H2,11,13). The zero-order chi connectivity index (χ0) is 12.8. The van der Waals surface area contributed by atoms with Crippen LogP contribution >= 0.6 is 0 Å². The van der Waals surface area contributed by atoms with Gasteiger partial charge in [-0.3, -0.25) is 4.79 Å². The summed E-state index contributed by atoms with van der Waals surface area (Å²) < 4.78 is 24.9. The highest BCUT2D eigenvalue weighted by Gasteiger charge is 2.25. The van der Waals surface area contributed by atoms with Gasteiger partial charge in [0.05, 0.1) is 12.3 Å². The van der Waals surface area contributed by atoms with Crippen molar-refractivity contribution in [1.82, 2.24) is 4.31 Å². The summed E-state index contributed by atoms with van der Waals surface area (Å²) in [5.74, 6) is -0.633. The molecule has 0 atom stereocenters. The van der Waals surface area contributed by atoms with Crippen LogP contribution in [0.3, 0.4) is 0 Å². The SMILES string of the molecule is CC(C)N(CC(N)=O)S(=O)(=O)CCCCN. The minimum absolute atomic E-state index is 0.00958. The van der Waals surface area contributed by atoms with Gasteiger partial charge < -0.3 is 11.5 Å². The van der Waals surface area contributed by atoms with Crippen LogP contribution in [0.5, 0.6) is 0 Å². The van der Waals surface area contributed by atoms with E-state index in [0.29, 0.717) is 19.4 Å². The fourth-order valence-corrected chi connectivity index (χ4v) is 3.07. The minimum atomic E-state index is -3.41. The zero-order valence-electron chi connectivity index (χ0n) is 9.85. The maximum atomic E-state index is 11.9. The van der Waals surface area contributed by atoms with Crippen LogP contribution in [0.1, 0.15) is 26.7 Å². The Morgan fingerprint density at radius 3 is 2.25 bits per heavy atom. The van der Waals surface area contributed by atoms with Crippen LogP contribution in [0, 0.1) is 0 Å². The molecule has 0 rings (SSSR count). The summed E-state index contributed by atoms with van der Waals surface area (Å²) in [5.41, 5.74) is 10.3. The summed E-state index contributed by atoms with van der Waals surface area (Å²) in [6.45, 7) is 3.63. The Hall–Kier alpha value is -0.660. The van der Waals surface area contributed by atoms with E-state index in [1.54, 1.807) is 13.8 Å². The molecule has 0 spiro atoms. The van der Waals surface area contributed by atoms with Crippen LogP contribution in [0.25, 0.3) is 0 Å². The molecular weight excluding hydrogens is 230 g/mol. The maximum absolute atomic E-state index is 11.9. The van der Waals surface area contributed by atoms with Crippen LogP contribution in [-0.4, -0.2) is 43.5 Å². The van der Waals surface area contributed by atoms with Crippen molar-refractivity contribution in [2.75, 3.05) is 18.8 Å². The highest BCUT2D eigenvalue weighted by molar-refractivity contribution is 7.89. The smallest absolute Gasteiger partial charge is 0.232 e. The molecule has 0 saturated carbocycles. The maximum Gasteiger partial charge on any atom is 0.232 e. The number of carbonyl (C=O) groups excluding carboxylic acids is 1. The molecule has 0 aliphatic carbocycles. The summed E-state index contributed by atoms with van der Waals surface area (Å²) in [6.07, 6.45) is 1.16. The summed E-state index contributed by atoms with van der Waals surface area (Å²) in [7, 11) is -3.41. The van der Waals surface area contributed by atoms with E-state index in [1.165, 1.54) is 0 Å². The van der Waals surface area contributed by atoms with E-state index in [1.807, 2.05) is 0 Å². The van der Waals surface area contributed by atoms with Crippen molar-refractivity contribution in [2.24, 2.45) is 11.5 Å². The molecule has 6 nitrogen and oxygen atoms in total. The predicted octanol–water partition coefficient (Wildman–Crippen LogP) is -0.749.